The summed E-state index contributed by atoms with van der Waals surface area (Å²) in [6, 6.07) is 3.55. The fourth-order valence-corrected chi connectivity index (χ4v) is 2.42. The van der Waals surface area contributed by atoms with Crippen LogP contribution >= 0.6 is 40.2 Å². The van der Waals surface area contributed by atoms with Crippen molar-refractivity contribution >= 4 is 52.1 Å². The van der Waals surface area contributed by atoms with E-state index in [-0.39, 0.29) is 35.5 Å². The third-order valence-electron chi connectivity index (χ3n) is 3.00. The molecule has 0 aromatic heterocycles. The lowest BCUT2D eigenvalue weighted by Gasteiger charge is -2.36. The van der Waals surface area contributed by atoms with E-state index in [0.29, 0.717) is 10.0 Å². The van der Waals surface area contributed by atoms with Crippen LogP contribution in [-0.4, -0.2) is 22.6 Å². The minimum Gasteiger partial charge on any atom is -0.368 e. The Morgan fingerprint density at radius 1 is 1.23 bits per heavy atom. The molecule has 0 amide bonds. The number of hydrogen-bond acceptors (Lipinski definition) is 6. The van der Waals surface area contributed by atoms with Gasteiger partial charge < -0.3 is 11.5 Å². The predicted octanol–water partition coefficient (Wildman–Crippen LogP) is 2.99. The third-order valence-corrected chi connectivity index (χ3v) is 3.76. The van der Waals surface area contributed by atoms with Crippen LogP contribution in [-0.2, 0) is 11.4 Å². The summed E-state index contributed by atoms with van der Waals surface area (Å²) in [6.45, 7) is 5.74. The van der Waals surface area contributed by atoms with Crippen molar-refractivity contribution in [1.29, 1.82) is 0 Å². The molecule has 1 aliphatic rings. The van der Waals surface area contributed by atoms with E-state index >= 15 is 0 Å². The van der Waals surface area contributed by atoms with Crippen molar-refractivity contribution in [2.24, 2.45) is 21.5 Å². The highest BCUT2D eigenvalue weighted by molar-refractivity contribution is 8.93. The number of aryl methyl sites for hydroxylation is 1. The van der Waals surface area contributed by atoms with E-state index in [1.54, 1.807) is 6.07 Å². The van der Waals surface area contributed by atoms with Crippen LogP contribution in [0.1, 0.15) is 25.0 Å². The van der Waals surface area contributed by atoms with Crippen LogP contribution in [0.5, 0.6) is 0 Å². The summed E-state index contributed by atoms with van der Waals surface area (Å²) in [5.74, 6) is 0.270. The monoisotopic (exact) mass is 409 g/mol. The number of rotatable bonds is 3. The Bertz CT molecular complexity index is 633. The van der Waals surface area contributed by atoms with Gasteiger partial charge in [0.15, 0.2) is 5.66 Å². The second-order valence-corrected chi connectivity index (χ2v) is 6.01. The molecule has 6 nitrogen and oxygen atoms in total. The average molecular weight is 411 g/mol. The fraction of sp³-hybridized carbons (Fsp3) is 0.385. The van der Waals surface area contributed by atoms with E-state index in [0.717, 1.165) is 11.1 Å². The summed E-state index contributed by atoms with van der Waals surface area (Å²) in [6.07, 6.45) is 0. The molecule has 0 saturated heterocycles. The highest BCUT2D eigenvalue weighted by Gasteiger charge is 2.33. The molecule has 0 aliphatic carbocycles. The van der Waals surface area contributed by atoms with Gasteiger partial charge in [0.25, 0.3) is 0 Å². The quantitative estimate of drug-likeness (QED) is 0.801. The van der Waals surface area contributed by atoms with Crippen molar-refractivity contribution < 1.29 is 4.84 Å². The maximum Gasteiger partial charge on any atom is 0.226 e. The third kappa shape index (κ3) is 4.04. The molecular weight excluding hydrogens is 393 g/mol. The van der Waals surface area contributed by atoms with Gasteiger partial charge in [-0.1, -0.05) is 29.3 Å². The summed E-state index contributed by atoms with van der Waals surface area (Å²) in [4.78, 5) is 13.8. The molecule has 0 spiro atoms. The van der Waals surface area contributed by atoms with Gasteiger partial charge in [-0.05, 0) is 38.0 Å². The Kier molecular flexibility index (Phi) is 6.09. The molecule has 0 radical (unpaired) electrons. The number of hydroxylamine groups is 2. The number of hydrogen-bond donors (Lipinski definition) is 2. The molecule has 1 aromatic carbocycles. The lowest BCUT2D eigenvalue weighted by molar-refractivity contribution is -0.166. The molecule has 0 bridgehead atoms. The van der Waals surface area contributed by atoms with Crippen molar-refractivity contribution in [3.63, 3.8) is 0 Å². The summed E-state index contributed by atoms with van der Waals surface area (Å²) in [7, 11) is 0. The Balaban J connectivity index is 0.00000242. The Labute approximate surface area is 149 Å². The van der Waals surface area contributed by atoms with Gasteiger partial charge in [0, 0.05) is 10.0 Å². The minimum absolute atomic E-state index is 0. The molecule has 122 valence electrons. The van der Waals surface area contributed by atoms with Crippen LogP contribution in [0.15, 0.2) is 22.1 Å². The van der Waals surface area contributed by atoms with Crippen LogP contribution in [0.25, 0.3) is 0 Å². The molecule has 0 unspecified atom stereocenters. The maximum absolute atomic E-state index is 6.16. The van der Waals surface area contributed by atoms with Gasteiger partial charge >= 0.3 is 0 Å². The normalized spacial score (nSPS) is 16.7. The fourth-order valence-electron chi connectivity index (χ4n) is 1.98. The molecule has 9 heteroatoms. The number of benzene rings is 1. The first-order valence-corrected chi connectivity index (χ1v) is 7.03. The van der Waals surface area contributed by atoms with Gasteiger partial charge in [-0.25, -0.2) is 4.99 Å². The zero-order valence-electron chi connectivity index (χ0n) is 12.4. The zero-order chi connectivity index (χ0) is 15.8. The van der Waals surface area contributed by atoms with Crippen LogP contribution in [0, 0.1) is 6.92 Å². The first kappa shape index (κ1) is 19.0. The highest BCUT2D eigenvalue weighted by atomic mass is 79.9. The van der Waals surface area contributed by atoms with Crippen LogP contribution in [0.2, 0.25) is 10.0 Å². The van der Waals surface area contributed by atoms with Gasteiger partial charge in [-0.2, -0.15) is 10.1 Å². The molecule has 1 heterocycles. The largest absolute Gasteiger partial charge is 0.368 e. The molecule has 22 heavy (non-hydrogen) atoms. The number of guanidine groups is 2. The van der Waals surface area contributed by atoms with Crippen molar-refractivity contribution in [2.75, 3.05) is 0 Å². The van der Waals surface area contributed by atoms with Crippen molar-refractivity contribution in [1.82, 2.24) is 5.06 Å². The van der Waals surface area contributed by atoms with E-state index in [9.17, 15) is 0 Å². The van der Waals surface area contributed by atoms with E-state index in [1.807, 2.05) is 26.8 Å². The highest BCUT2D eigenvalue weighted by Crippen LogP contribution is 2.27. The number of nitrogens with zero attached hydrogens (tertiary/aromatic N) is 3. The standard InChI is InChI=1S/C13H17Cl2N5O.BrH/c1-7-4-8(10(15)5-9(7)14)6-21-20-12(17)18-11(16)19-13(20,2)3;/h4-5H,6H2,1-3H3,(H4,16,17,18,19);1H. The van der Waals surface area contributed by atoms with Gasteiger partial charge in [-0.15, -0.1) is 17.0 Å². The van der Waals surface area contributed by atoms with Crippen LogP contribution < -0.4 is 11.5 Å². The Hall–Kier alpha value is -1.02. The lowest BCUT2D eigenvalue weighted by Crippen LogP contribution is -2.53. The topological polar surface area (TPSA) is 89.2 Å². The number of aliphatic imine (C=N–C) groups is 2. The van der Waals surface area contributed by atoms with E-state index in [1.165, 1.54) is 5.06 Å². The second kappa shape index (κ2) is 7.04. The van der Waals surface area contributed by atoms with E-state index < -0.39 is 5.66 Å². The minimum atomic E-state index is -0.746. The first-order chi connectivity index (χ1) is 9.70. The Morgan fingerprint density at radius 2 is 1.86 bits per heavy atom. The molecule has 4 N–H and O–H groups in total. The number of halogens is 3. The van der Waals surface area contributed by atoms with Gasteiger partial charge in [0.1, 0.15) is 6.61 Å². The van der Waals surface area contributed by atoms with Crippen molar-refractivity contribution in [3.8, 4) is 0 Å². The van der Waals surface area contributed by atoms with Crippen molar-refractivity contribution in [2.45, 2.75) is 33.0 Å². The predicted molar refractivity (Wildman–Crippen MR) is 95.5 cm³/mol. The van der Waals surface area contributed by atoms with Gasteiger partial charge in [0.2, 0.25) is 11.9 Å². The lowest BCUT2D eigenvalue weighted by atomic mass is 10.1. The molecule has 0 fully saturated rings. The average Bonchev–Trinajstić information content (AvgIpc) is 2.32. The van der Waals surface area contributed by atoms with Crippen LogP contribution in [0.4, 0.5) is 0 Å². The summed E-state index contributed by atoms with van der Waals surface area (Å²) in [5.41, 5.74) is 12.4. The van der Waals surface area contributed by atoms with Gasteiger partial charge in [-0.3, -0.25) is 4.84 Å². The van der Waals surface area contributed by atoms with Crippen LogP contribution in [0.3, 0.4) is 0 Å². The maximum atomic E-state index is 6.16. The van der Waals surface area contributed by atoms with E-state index in [4.69, 9.17) is 39.5 Å². The van der Waals surface area contributed by atoms with Gasteiger partial charge in [0.05, 0.1) is 0 Å². The van der Waals surface area contributed by atoms with E-state index in [2.05, 4.69) is 9.98 Å². The SMILES string of the molecule is Br.Cc1cc(CON2C(N)=NC(N)=NC2(C)C)c(Cl)cc1Cl. The first-order valence-electron chi connectivity index (χ1n) is 6.28. The molecule has 1 aromatic rings. The van der Waals surface area contributed by atoms with Crippen molar-refractivity contribution in [3.05, 3.63) is 33.3 Å². The summed E-state index contributed by atoms with van der Waals surface area (Å²) >= 11 is 12.2. The molecule has 0 atom stereocenters. The second-order valence-electron chi connectivity index (χ2n) is 5.20. The zero-order valence-corrected chi connectivity index (χ0v) is 15.7. The molecule has 0 saturated carbocycles. The molecular formula is C13H18BrCl2N5O. The Morgan fingerprint density at radius 3 is 2.45 bits per heavy atom. The smallest absolute Gasteiger partial charge is 0.226 e. The molecule has 1 aliphatic heterocycles. The number of nitrogens with two attached hydrogens (primary N) is 2. The summed E-state index contributed by atoms with van der Waals surface area (Å²) in [5, 5.41) is 2.54. The molecule has 2 rings (SSSR count). The summed E-state index contributed by atoms with van der Waals surface area (Å²) < 4.78 is 0.